The first kappa shape index (κ1) is 15.4. The van der Waals surface area contributed by atoms with Crippen LogP contribution in [0, 0.1) is 5.82 Å². The number of thioether (sulfide) groups is 1. The molecule has 0 saturated heterocycles. The Hall–Kier alpha value is -2.01. The Balaban J connectivity index is 2.01. The van der Waals surface area contributed by atoms with Gasteiger partial charge in [0.1, 0.15) is 11.6 Å². The third-order valence-corrected chi connectivity index (χ3v) is 4.00. The van der Waals surface area contributed by atoms with E-state index in [0.717, 1.165) is 0 Å². The Morgan fingerprint density at radius 2 is 2.00 bits per heavy atom. The molecule has 1 amide bonds. The molecule has 2 aromatic carbocycles. The number of halogens is 1. The van der Waals surface area contributed by atoms with Crippen LogP contribution < -0.4 is 10.1 Å². The number of amides is 1. The third-order valence-electron chi connectivity index (χ3n) is 2.85. The van der Waals surface area contributed by atoms with Crippen molar-refractivity contribution in [2.45, 2.75) is 17.1 Å². The second-order valence-electron chi connectivity index (χ2n) is 4.41. The van der Waals surface area contributed by atoms with E-state index in [1.807, 2.05) is 0 Å². The predicted molar refractivity (Wildman–Crippen MR) is 83.3 cm³/mol. The molecule has 0 aliphatic heterocycles. The van der Waals surface area contributed by atoms with Crippen LogP contribution in [0.15, 0.2) is 53.4 Å². The zero-order valence-electron chi connectivity index (χ0n) is 11.8. The number of hydrogen-bond acceptors (Lipinski definition) is 3. The summed E-state index contributed by atoms with van der Waals surface area (Å²) in [6, 6.07) is 13.5. The van der Waals surface area contributed by atoms with E-state index in [0.29, 0.717) is 16.3 Å². The van der Waals surface area contributed by atoms with Crippen molar-refractivity contribution in [3.05, 3.63) is 54.3 Å². The fourth-order valence-electron chi connectivity index (χ4n) is 1.73. The van der Waals surface area contributed by atoms with Gasteiger partial charge in [-0.3, -0.25) is 4.79 Å². The van der Waals surface area contributed by atoms with Gasteiger partial charge in [0.15, 0.2) is 0 Å². The van der Waals surface area contributed by atoms with Crippen molar-refractivity contribution in [2.75, 3.05) is 12.4 Å². The van der Waals surface area contributed by atoms with E-state index in [2.05, 4.69) is 5.32 Å². The molecule has 0 heterocycles. The van der Waals surface area contributed by atoms with Crippen LogP contribution in [0.1, 0.15) is 6.92 Å². The Morgan fingerprint density at radius 3 is 2.71 bits per heavy atom. The van der Waals surface area contributed by atoms with Crippen molar-refractivity contribution in [3.63, 3.8) is 0 Å². The molecule has 21 heavy (non-hydrogen) atoms. The number of benzene rings is 2. The van der Waals surface area contributed by atoms with Gasteiger partial charge in [0.25, 0.3) is 0 Å². The zero-order valence-corrected chi connectivity index (χ0v) is 12.6. The Bertz CT molecular complexity index is 633. The van der Waals surface area contributed by atoms with Gasteiger partial charge in [-0.25, -0.2) is 4.39 Å². The third kappa shape index (κ3) is 4.23. The molecule has 2 aromatic rings. The first-order valence-electron chi connectivity index (χ1n) is 6.46. The van der Waals surface area contributed by atoms with Crippen LogP contribution in [0.5, 0.6) is 5.75 Å². The molecule has 1 atom stereocenters. The van der Waals surface area contributed by atoms with Gasteiger partial charge >= 0.3 is 0 Å². The van der Waals surface area contributed by atoms with Crippen LogP contribution in [0.3, 0.4) is 0 Å². The van der Waals surface area contributed by atoms with Crippen LogP contribution in [-0.4, -0.2) is 18.3 Å². The predicted octanol–water partition coefficient (Wildman–Crippen LogP) is 3.95. The first-order valence-corrected chi connectivity index (χ1v) is 7.34. The summed E-state index contributed by atoms with van der Waals surface area (Å²) in [7, 11) is 1.57. The van der Waals surface area contributed by atoms with Crippen molar-refractivity contribution < 1.29 is 13.9 Å². The maximum Gasteiger partial charge on any atom is 0.237 e. The fourth-order valence-corrected chi connectivity index (χ4v) is 2.61. The zero-order chi connectivity index (χ0) is 15.2. The molecule has 0 saturated carbocycles. The maximum atomic E-state index is 13.6. The van der Waals surface area contributed by atoms with Crippen LogP contribution in [-0.2, 0) is 4.79 Å². The fraction of sp³-hybridized carbons (Fsp3) is 0.188. The molecular weight excluding hydrogens is 289 g/mol. The lowest BCUT2D eigenvalue weighted by Gasteiger charge is -2.13. The minimum Gasteiger partial charge on any atom is -0.497 e. The molecule has 0 aromatic heterocycles. The van der Waals surface area contributed by atoms with Gasteiger partial charge in [0.2, 0.25) is 5.91 Å². The van der Waals surface area contributed by atoms with Gasteiger partial charge in [-0.05, 0) is 31.2 Å². The lowest BCUT2D eigenvalue weighted by atomic mass is 10.3. The van der Waals surface area contributed by atoms with Crippen molar-refractivity contribution in [3.8, 4) is 5.75 Å². The van der Waals surface area contributed by atoms with E-state index in [1.165, 1.54) is 17.8 Å². The number of methoxy groups -OCH3 is 1. The van der Waals surface area contributed by atoms with Crippen molar-refractivity contribution in [2.24, 2.45) is 0 Å². The van der Waals surface area contributed by atoms with E-state index in [-0.39, 0.29) is 11.7 Å². The normalized spacial score (nSPS) is 11.8. The van der Waals surface area contributed by atoms with E-state index in [9.17, 15) is 9.18 Å². The number of anilines is 1. The van der Waals surface area contributed by atoms with Crippen molar-refractivity contribution >= 4 is 23.4 Å². The minimum absolute atomic E-state index is 0.184. The molecule has 0 fully saturated rings. The summed E-state index contributed by atoms with van der Waals surface area (Å²) in [4.78, 5) is 12.6. The summed E-state index contributed by atoms with van der Waals surface area (Å²) < 4.78 is 18.7. The summed E-state index contributed by atoms with van der Waals surface area (Å²) in [5.41, 5.74) is 0.653. The van der Waals surface area contributed by atoms with Crippen LogP contribution in [0.4, 0.5) is 10.1 Å². The average Bonchev–Trinajstić information content (AvgIpc) is 2.49. The molecule has 0 aliphatic rings. The lowest BCUT2D eigenvalue weighted by Crippen LogP contribution is -2.22. The smallest absolute Gasteiger partial charge is 0.237 e. The number of hydrogen-bond donors (Lipinski definition) is 1. The largest absolute Gasteiger partial charge is 0.497 e. The van der Waals surface area contributed by atoms with E-state index < -0.39 is 5.25 Å². The molecule has 3 nitrogen and oxygen atoms in total. The molecule has 110 valence electrons. The highest BCUT2D eigenvalue weighted by atomic mass is 32.2. The highest BCUT2D eigenvalue weighted by molar-refractivity contribution is 8.00. The van der Waals surface area contributed by atoms with Gasteiger partial charge < -0.3 is 10.1 Å². The van der Waals surface area contributed by atoms with E-state index in [1.54, 1.807) is 56.5 Å². The summed E-state index contributed by atoms with van der Waals surface area (Å²) in [6.07, 6.45) is 0. The number of rotatable bonds is 5. The molecule has 2 rings (SSSR count). The van der Waals surface area contributed by atoms with E-state index in [4.69, 9.17) is 4.74 Å². The molecule has 0 radical (unpaired) electrons. The lowest BCUT2D eigenvalue weighted by molar-refractivity contribution is -0.115. The minimum atomic E-state index is -0.409. The number of carbonyl (C=O) groups excluding carboxylic acids is 1. The summed E-state index contributed by atoms with van der Waals surface area (Å²) >= 11 is 1.19. The Kier molecular flexibility index (Phi) is 5.22. The highest BCUT2D eigenvalue weighted by Gasteiger charge is 2.16. The van der Waals surface area contributed by atoms with Crippen LogP contribution >= 0.6 is 11.8 Å². The highest BCUT2D eigenvalue weighted by Crippen LogP contribution is 2.27. The standard InChI is InChI=1S/C16H16FNO2S/c1-11(21-15-9-4-3-8-14(15)17)16(19)18-12-6-5-7-13(10-12)20-2/h3-11H,1-2H3,(H,18,19). The van der Waals surface area contributed by atoms with Gasteiger partial charge in [0.05, 0.1) is 12.4 Å². The number of nitrogens with one attached hydrogen (secondary N) is 1. The Morgan fingerprint density at radius 1 is 1.24 bits per heavy atom. The van der Waals surface area contributed by atoms with Crippen LogP contribution in [0.2, 0.25) is 0 Å². The van der Waals surface area contributed by atoms with Gasteiger partial charge in [0, 0.05) is 16.6 Å². The SMILES string of the molecule is COc1cccc(NC(=O)C(C)Sc2ccccc2F)c1. The molecule has 5 heteroatoms. The van der Waals surface area contributed by atoms with Crippen molar-refractivity contribution in [1.29, 1.82) is 0 Å². The quantitative estimate of drug-likeness (QED) is 0.850. The molecular formula is C16H16FNO2S. The van der Waals surface area contributed by atoms with Gasteiger partial charge in [-0.2, -0.15) is 0 Å². The summed E-state index contributed by atoms with van der Waals surface area (Å²) in [6.45, 7) is 1.74. The second kappa shape index (κ2) is 7.13. The molecule has 1 N–H and O–H groups in total. The van der Waals surface area contributed by atoms with Gasteiger partial charge in [-0.15, -0.1) is 11.8 Å². The maximum absolute atomic E-state index is 13.6. The molecule has 0 spiro atoms. The van der Waals surface area contributed by atoms with Gasteiger partial charge in [-0.1, -0.05) is 18.2 Å². The Labute approximate surface area is 127 Å². The van der Waals surface area contributed by atoms with Crippen LogP contribution in [0.25, 0.3) is 0 Å². The summed E-state index contributed by atoms with van der Waals surface area (Å²) in [5, 5.41) is 2.38. The number of ether oxygens (including phenoxy) is 1. The molecule has 1 unspecified atom stereocenters. The molecule has 0 aliphatic carbocycles. The second-order valence-corrected chi connectivity index (χ2v) is 5.79. The topological polar surface area (TPSA) is 38.3 Å². The monoisotopic (exact) mass is 305 g/mol. The van der Waals surface area contributed by atoms with Crippen molar-refractivity contribution in [1.82, 2.24) is 0 Å². The first-order chi connectivity index (χ1) is 10.1. The molecule has 0 bridgehead atoms. The summed E-state index contributed by atoms with van der Waals surface area (Å²) in [5.74, 6) is 0.169. The number of carbonyl (C=O) groups is 1. The average molecular weight is 305 g/mol. The van der Waals surface area contributed by atoms with E-state index >= 15 is 0 Å².